The summed E-state index contributed by atoms with van der Waals surface area (Å²) in [6.45, 7) is 0. The molecule has 0 unspecified atom stereocenters. The number of carbonyl (C=O) groups is 1. The molecule has 7 nitrogen and oxygen atoms in total. The quantitative estimate of drug-likeness (QED) is 0.291. The van der Waals surface area contributed by atoms with E-state index in [0.29, 0.717) is 39.6 Å². The van der Waals surface area contributed by atoms with Gasteiger partial charge in [-0.1, -0.05) is 18.2 Å². The van der Waals surface area contributed by atoms with Gasteiger partial charge in [-0.25, -0.2) is 4.39 Å². The van der Waals surface area contributed by atoms with Crippen molar-refractivity contribution in [3.05, 3.63) is 84.3 Å². The number of rotatable bonds is 7. The van der Waals surface area contributed by atoms with Gasteiger partial charge < -0.3 is 24.7 Å². The van der Waals surface area contributed by atoms with E-state index in [2.05, 4.69) is 4.98 Å². The van der Waals surface area contributed by atoms with Crippen LogP contribution in [0.5, 0.6) is 28.7 Å². The van der Waals surface area contributed by atoms with Crippen molar-refractivity contribution in [2.75, 3.05) is 21.3 Å². The first-order chi connectivity index (χ1) is 17.9. The molecular weight excluding hydrogens is 475 g/mol. The zero-order chi connectivity index (χ0) is 26.1. The van der Waals surface area contributed by atoms with Gasteiger partial charge in [0.2, 0.25) is 0 Å². The van der Waals surface area contributed by atoms with E-state index in [4.69, 9.17) is 24.7 Å². The van der Waals surface area contributed by atoms with Crippen LogP contribution in [0.3, 0.4) is 0 Å². The summed E-state index contributed by atoms with van der Waals surface area (Å²) in [6, 6.07) is 19.1. The number of nitrogens with zero attached hydrogens (tertiary/aromatic N) is 1. The van der Waals surface area contributed by atoms with Gasteiger partial charge in [0.05, 0.1) is 32.4 Å². The number of benzene rings is 4. The first-order valence-corrected chi connectivity index (χ1v) is 11.3. The van der Waals surface area contributed by atoms with Crippen LogP contribution in [0.25, 0.3) is 32.8 Å². The summed E-state index contributed by atoms with van der Waals surface area (Å²) in [5.74, 6) is 1.29. The lowest BCUT2D eigenvalue weighted by Crippen LogP contribution is -2.13. The Bertz CT molecular complexity index is 1670. The molecule has 0 aliphatic heterocycles. The molecule has 8 heteroatoms. The zero-order valence-electron chi connectivity index (χ0n) is 20.4. The predicted octanol–water partition coefficient (Wildman–Crippen LogP) is 6.11. The molecule has 0 radical (unpaired) electrons. The monoisotopic (exact) mass is 498 g/mol. The van der Waals surface area contributed by atoms with Crippen LogP contribution in [0.15, 0.2) is 72.9 Å². The minimum Gasteiger partial charge on any atom is -0.495 e. The molecule has 1 amide bonds. The maximum Gasteiger partial charge on any atom is 0.252 e. The second-order valence-corrected chi connectivity index (χ2v) is 8.26. The maximum atomic E-state index is 14.3. The van der Waals surface area contributed by atoms with Gasteiger partial charge in [-0.3, -0.25) is 9.78 Å². The first kappa shape index (κ1) is 23.9. The number of pyridine rings is 1. The van der Waals surface area contributed by atoms with E-state index in [1.807, 2.05) is 42.5 Å². The number of carbonyl (C=O) groups excluding carboxylic acids is 1. The minimum absolute atomic E-state index is 0.0137. The third-order valence-corrected chi connectivity index (χ3v) is 6.08. The van der Waals surface area contributed by atoms with Gasteiger partial charge in [-0.15, -0.1) is 0 Å². The molecule has 0 spiro atoms. The van der Waals surface area contributed by atoms with Gasteiger partial charge in [0, 0.05) is 23.2 Å². The van der Waals surface area contributed by atoms with E-state index in [1.54, 1.807) is 32.5 Å². The lowest BCUT2D eigenvalue weighted by Gasteiger charge is -2.14. The number of hydrogen-bond acceptors (Lipinski definition) is 6. The van der Waals surface area contributed by atoms with Crippen molar-refractivity contribution in [3.8, 4) is 39.9 Å². The SMILES string of the molecule is COc1cc2nccc(Oc3ccc4cc(-c5cc(F)cc(C(N)=O)c5OC)ccc4c3)c2cc1OC. The molecule has 0 aliphatic rings. The summed E-state index contributed by atoms with van der Waals surface area (Å²) in [5.41, 5.74) is 7.24. The Balaban J connectivity index is 1.52. The molecule has 4 aromatic carbocycles. The zero-order valence-corrected chi connectivity index (χ0v) is 20.4. The van der Waals surface area contributed by atoms with Crippen molar-refractivity contribution in [1.29, 1.82) is 0 Å². The van der Waals surface area contributed by atoms with Crippen molar-refractivity contribution < 1.29 is 28.1 Å². The van der Waals surface area contributed by atoms with E-state index in [-0.39, 0.29) is 11.3 Å². The average Bonchev–Trinajstić information content (AvgIpc) is 2.91. The third kappa shape index (κ3) is 4.45. The Morgan fingerprint density at radius 1 is 0.811 bits per heavy atom. The molecular formula is C29H23FN2O5. The molecule has 5 rings (SSSR count). The fraction of sp³-hybridized carbons (Fsp3) is 0.103. The molecule has 0 atom stereocenters. The molecule has 0 aliphatic carbocycles. The van der Waals surface area contributed by atoms with E-state index in [1.165, 1.54) is 13.2 Å². The fourth-order valence-electron chi connectivity index (χ4n) is 4.33. The van der Waals surface area contributed by atoms with Crippen LogP contribution in [0, 0.1) is 5.82 Å². The van der Waals surface area contributed by atoms with Crippen LogP contribution in [0.1, 0.15) is 10.4 Å². The average molecular weight is 499 g/mol. The highest BCUT2D eigenvalue weighted by Crippen LogP contribution is 2.39. The highest BCUT2D eigenvalue weighted by molar-refractivity contribution is 5.99. The van der Waals surface area contributed by atoms with Crippen molar-refractivity contribution in [3.63, 3.8) is 0 Å². The third-order valence-electron chi connectivity index (χ3n) is 6.08. The molecule has 5 aromatic rings. The number of primary amides is 1. The Kier molecular flexibility index (Phi) is 6.23. The van der Waals surface area contributed by atoms with Crippen LogP contribution in [-0.4, -0.2) is 32.2 Å². The number of aromatic nitrogens is 1. The number of halogens is 1. The summed E-state index contributed by atoms with van der Waals surface area (Å²) < 4.78 is 36.7. The molecule has 2 N–H and O–H groups in total. The number of amides is 1. The number of fused-ring (bicyclic) bond motifs is 2. The normalized spacial score (nSPS) is 10.9. The fourth-order valence-corrected chi connectivity index (χ4v) is 4.33. The lowest BCUT2D eigenvalue weighted by atomic mass is 9.98. The van der Waals surface area contributed by atoms with E-state index < -0.39 is 11.7 Å². The van der Waals surface area contributed by atoms with Gasteiger partial charge in [0.1, 0.15) is 23.1 Å². The lowest BCUT2D eigenvalue weighted by molar-refractivity contribution is 0.0997. The maximum absolute atomic E-state index is 14.3. The molecule has 1 heterocycles. The van der Waals surface area contributed by atoms with Crippen LogP contribution in [-0.2, 0) is 0 Å². The highest BCUT2D eigenvalue weighted by Gasteiger charge is 2.18. The Hall–Kier alpha value is -4.85. The van der Waals surface area contributed by atoms with Crippen LogP contribution >= 0.6 is 0 Å². The number of ether oxygens (including phenoxy) is 4. The predicted molar refractivity (Wildman–Crippen MR) is 139 cm³/mol. The topological polar surface area (TPSA) is 92.9 Å². The van der Waals surface area contributed by atoms with Crippen molar-refractivity contribution in [2.45, 2.75) is 0 Å². The second-order valence-electron chi connectivity index (χ2n) is 8.26. The Morgan fingerprint density at radius 3 is 2.27 bits per heavy atom. The number of hydrogen-bond donors (Lipinski definition) is 1. The largest absolute Gasteiger partial charge is 0.495 e. The molecule has 0 saturated carbocycles. The molecule has 37 heavy (non-hydrogen) atoms. The highest BCUT2D eigenvalue weighted by atomic mass is 19.1. The summed E-state index contributed by atoms with van der Waals surface area (Å²) in [5, 5.41) is 2.58. The van der Waals surface area contributed by atoms with Gasteiger partial charge in [-0.05, 0) is 58.8 Å². The van der Waals surface area contributed by atoms with Gasteiger partial charge in [-0.2, -0.15) is 0 Å². The van der Waals surface area contributed by atoms with Crippen LogP contribution < -0.4 is 24.7 Å². The first-order valence-electron chi connectivity index (χ1n) is 11.3. The molecule has 1 aromatic heterocycles. The summed E-state index contributed by atoms with van der Waals surface area (Å²) in [7, 11) is 4.57. The van der Waals surface area contributed by atoms with Crippen LogP contribution in [0.4, 0.5) is 4.39 Å². The van der Waals surface area contributed by atoms with E-state index in [0.717, 1.165) is 22.2 Å². The van der Waals surface area contributed by atoms with Crippen molar-refractivity contribution >= 4 is 27.6 Å². The standard InChI is InChI=1S/C29H23FN2O5/c1-34-26-14-22-24(15-27(26)35-2)32-9-8-25(22)37-20-7-6-16-10-18(5-4-17(16)11-20)21-12-19(30)13-23(29(31)33)28(21)36-3/h4-15H,1-3H3,(H2,31,33). The summed E-state index contributed by atoms with van der Waals surface area (Å²) in [6.07, 6.45) is 1.67. The van der Waals surface area contributed by atoms with Gasteiger partial charge >= 0.3 is 0 Å². The van der Waals surface area contributed by atoms with E-state index in [9.17, 15) is 9.18 Å². The smallest absolute Gasteiger partial charge is 0.252 e. The number of nitrogens with two attached hydrogens (primary N) is 1. The second kappa shape index (κ2) is 9.66. The van der Waals surface area contributed by atoms with E-state index >= 15 is 0 Å². The molecule has 0 saturated heterocycles. The molecule has 0 bridgehead atoms. The van der Waals surface area contributed by atoms with Crippen molar-refractivity contribution in [2.24, 2.45) is 5.73 Å². The Morgan fingerprint density at radius 2 is 1.54 bits per heavy atom. The van der Waals surface area contributed by atoms with Gasteiger partial charge in [0.25, 0.3) is 5.91 Å². The summed E-state index contributed by atoms with van der Waals surface area (Å²) >= 11 is 0. The van der Waals surface area contributed by atoms with Crippen LogP contribution in [0.2, 0.25) is 0 Å². The Labute approximate surface area is 212 Å². The molecule has 0 fully saturated rings. The summed E-state index contributed by atoms with van der Waals surface area (Å²) in [4.78, 5) is 16.2. The van der Waals surface area contributed by atoms with Crippen molar-refractivity contribution in [1.82, 2.24) is 4.98 Å². The number of methoxy groups -OCH3 is 3. The minimum atomic E-state index is -0.764. The van der Waals surface area contributed by atoms with Gasteiger partial charge in [0.15, 0.2) is 11.5 Å². The molecule has 186 valence electrons.